The molecule has 0 saturated carbocycles. The maximum absolute atomic E-state index is 3.48. The van der Waals surface area contributed by atoms with Crippen LogP contribution in [0.15, 0.2) is 18.5 Å². The molecule has 0 atom stereocenters. The number of rotatable bonds is 4. The number of nitrogens with zero attached hydrogens (tertiary/aromatic N) is 2. The fraction of sp³-hybridized carbons (Fsp3) is 0.733. The van der Waals surface area contributed by atoms with Gasteiger partial charge in [-0.2, -0.15) is 0 Å². The van der Waals surface area contributed by atoms with Crippen molar-refractivity contribution in [3.05, 3.63) is 24.0 Å². The largest absolute Gasteiger partial charge is 0.357 e. The van der Waals surface area contributed by atoms with E-state index < -0.39 is 0 Å². The molecule has 2 rings (SSSR count). The van der Waals surface area contributed by atoms with Gasteiger partial charge in [0.25, 0.3) is 0 Å². The molecule has 0 bridgehead atoms. The first-order valence-electron chi connectivity index (χ1n) is 7.14. The van der Waals surface area contributed by atoms with Crippen molar-refractivity contribution in [2.24, 2.45) is 7.05 Å². The predicted molar refractivity (Wildman–Crippen MR) is 76.9 cm³/mol. The average molecular weight is 249 g/mol. The highest BCUT2D eigenvalue weighted by atomic mass is 15.2. The zero-order valence-electron chi connectivity index (χ0n) is 12.1. The molecule has 2 heterocycles. The molecule has 0 spiro atoms. The molecule has 0 amide bonds. The third-order valence-electron chi connectivity index (χ3n) is 4.11. The maximum atomic E-state index is 3.48. The molecule has 0 radical (unpaired) electrons. The Morgan fingerprint density at radius 1 is 1.28 bits per heavy atom. The Kier molecular flexibility index (Phi) is 4.46. The monoisotopic (exact) mass is 249 g/mol. The minimum absolute atomic E-state index is 0.307. The maximum Gasteiger partial charge on any atom is 0.0156 e. The molecule has 1 N–H and O–H groups in total. The van der Waals surface area contributed by atoms with Gasteiger partial charge in [0.05, 0.1) is 0 Å². The van der Waals surface area contributed by atoms with Crippen LogP contribution in [0.1, 0.15) is 32.3 Å². The zero-order valence-corrected chi connectivity index (χ0v) is 12.1. The van der Waals surface area contributed by atoms with E-state index in [0.717, 1.165) is 6.54 Å². The number of hydrogen-bond acceptors (Lipinski definition) is 2. The molecule has 102 valence electrons. The van der Waals surface area contributed by atoms with E-state index in [-0.39, 0.29) is 0 Å². The van der Waals surface area contributed by atoms with Gasteiger partial charge in [-0.1, -0.05) is 0 Å². The van der Waals surface area contributed by atoms with Gasteiger partial charge in [0.15, 0.2) is 0 Å². The van der Waals surface area contributed by atoms with Gasteiger partial charge in [0, 0.05) is 38.1 Å². The molecule has 1 aliphatic rings. The Hall–Kier alpha value is -0.800. The molecule has 3 nitrogen and oxygen atoms in total. The average Bonchev–Trinajstić information content (AvgIpc) is 2.59. The normalized spacial score (nSPS) is 18.8. The van der Waals surface area contributed by atoms with E-state index in [1.165, 1.54) is 44.5 Å². The molecule has 3 heteroatoms. The third kappa shape index (κ3) is 3.59. The molecule has 1 aliphatic heterocycles. The summed E-state index contributed by atoms with van der Waals surface area (Å²) >= 11 is 0. The van der Waals surface area contributed by atoms with Crippen molar-refractivity contribution in [2.75, 3.05) is 26.2 Å². The first-order valence-corrected chi connectivity index (χ1v) is 7.14. The summed E-state index contributed by atoms with van der Waals surface area (Å²) < 4.78 is 2.14. The first kappa shape index (κ1) is 13.6. The fourth-order valence-corrected chi connectivity index (χ4v) is 2.77. The molecule has 0 aromatic carbocycles. The summed E-state index contributed by atoms with van der Waals surface area (Å²) in [6, 6.07) is 2.24. The first-order chi connectivity index (χ1) is 8.58. The van der Waals surface area contributed by atoms with Gasteiger partial charge < -0.3 is 9.88 Å². The molecule has 1 saturated heterocycles. The Morgan fingerprint density at radius 2 is 2.11 bits per heavy atom. The Morgan fingerprint density at radius 3 is 2.83 bits per heavy atom. The van der Waals surface area contributed by atoms with Gasteiger partial charge >= 0.3 is 0 Å². The third-order valence-corrected chi connectivity index (χ3v) is 4.11. The van der Waals surface area contributed by atoms with Gasteiger partial charge in [-0.25, -0.2) is 0 Å². The van der Waals surface area contributed by atoms with E-state index >= 15 is 0 Å². The van der Waals surface area contributed by atoms with Crippen molar-refractivity contribution in [2.45, 2.75) is 38.6 Å². The van der Waals surface area contributed by atoms with Crippen molar-refractivity contribution >= 4 is 0 Å². The highest BCUT2D eigenvalue weighted by Gasteiger charge is 2.26. The molecule has 0 unspecified atom stereocenters. The molecule has 1 aromatic heterocycles. The standard InChI is InChI=1S/C15H27N3/c1-15(2,18-10-4-8-16-9-12-18)7-5-14-6-11-17(3)13-14/h6,11,13,16H,4-5,7-10,12H2,1-3H3. The topological polar surface area (TPSA) is 20.2 Å². The summed E-state index contributed by atoms with van der Waals surface area (Å²) in [4.78, 5) is 2.65. The minimum Gasteiger partial charge on any atom is -0.357 e. The second-order valence-corrected chi connectivity index (χ2v) is 6.09. The molecule has 1 aromatic rings. The molecular weight excluding hydrogens is 222 g/mol. The van der Waals surface area contributed by atoms with E-state index in [4.69, 9.17) is 0 Å². The van der Waals surface area contributed by atoms with E-state index in [1.54, 1.807) is 0 Å². The zero-order chi connectivity index (χ0) is 13.0. The van der Waals surface area contributed by atoms with E-state index in [2.05, 4.69) is 54.1 Å². The van der Waals surface area contributed by atoms with E-state index in [0.29, 0.717) is 5.54 Å². The number of aromatic nitrogens is 1. The van der Waals surface area contributed by atoms with Crippen LogP contribution in [0.25, 0.3) is 0 Å². The van der Waals surface area contributed by atoms with Crippen LogP contribution in [0, 0.1) is 0 Å². The van der Waals surface area contributed by atoms with Crippen molar-refractivity contribution in [3.8, 4) is 0 Å². The van der Waals surface area contributed by atoms with Gasteiger partial charge in [-0.15, -0.1) is 0 Å². The summed E-state index contributed by atoms with van der Waals surface area (Å²) in [5.74, 6) is 0. The minimum atomic E-state index is 0.307. The van der Waals surface area contributed by atoms with Crippen molar-refractivity contribution in [1.82, 2.24) is 14.8 Å². The number of nitrogens with one attached hydrogen (secondary N) is 1. The van der Waals surface area contributed by atoms with Gasteiger partial charge in [-0.3, -0.25) is 4.90 Å². The van der Waals surface area contributed by atoms with Crippen LogP contribution in [0.2, 0.25) is 0 Å². The fourth-order valence-electron chi connectivity index (χ4n) is 2.77. The number of hydrogen-bond donors (Lipinski definition) is 1. The molecule has 18 heavy (non-hydrogen) atoms. The smallest absolute Gasteiger partial charge is 0.0156 e. The van der Waals surface area contributed by atoms with Crippen LogP contribution < -0.4 is 5.32 Å². The lowest BCUT2D eigenvalue weighted by molar-refractivity contribution is 0.120. The van der Waals surface area contributed by atoms with Crippen LogP contribution in [-0.4, -0.2) is 41.2 Å². The van der Waals surface area contributed by atoms with Crippen molar-refractivity contribution in [3.63, 3.8) is 0 Å². The predicted octanol–water partition coefficient (Wildman–Crippen LogP) is 2.03. The highest BCUT2D eigenvalue weighted by molar-refractivity contribution is 5.10. The van der Waals surface area contributed by atoms with E-state index in [9.17, 15) is 0 Å². The van der Waals surface area contributed by atoms with Gasteiger partial charge in [-0.05, 0) is 57.8 Å². The van der Waals surface area contributed by atoms with Crippen LogP contribution in [0.5, 0.6) is 0 Å². The lowest BCUT2D eigenvalue weighted by Gasteiger charge is -2.38. The van der Waals surface area contributed by atoms with Crippen LogP contribution in [0.3, 0.4) is 0 Å². The Balaban J connectivity index is 1.89. The van der Waals surface area contributed by atoms with Crippen LogP contribution in [0.4, 0.5) is 0 Å². The summed E-state index contributed by atoms with van der Waals surface area (Å²) in [7, 11) is 2.09. The lowest BCUT2D eigenvalue weighted by Crippen LogP contribution is -2.46. The molecule has 0 aliphatic carbocycles. The number of aryl methyl sites for hydroxylation is 2. The second kappa shape index (κ2) is 5.89. The highest BCUT2D eigenvalue weighted by Crippen LogP contribution is 2.22. The van der Waals surface area contributed by atoms with Crippen molar-refractivity contribution in [1.29, 1.82) is 0 Å². The van der Waals surface area contributed by atoms with Crippen LogP contribution >= 0.6 is 0 Å². The SMILES string of the molecule is Cn1ccc(CCC(C)(C)N2CCCNCC2)c1. The quantitative estimate of drug-likeness (QED) is 0.881. The summed E-state index contributed by atoms with van der Waals surface area (Å²) in [6.07, 6.45) is 8.06. The van der Waals surface area contributed by atoms with Gasteiger partial charge in [0.1, 0.15) is 0 Å². The Labute approximate surface area is 111 Å². The lowest BCUT2D eigenvalue weighted by atomic mass is 9.94. The van der Waals surface area contributed by atoms with Crippen LogP contribution in [-0.2, 0) is 13.5 Å². The second-order valence-electron chi connectivity index (χ2n) is 6.09. The summed E-state index contributed by atoms with van der Waals surface area (Å²) in [6.45, 7) is 9.50. The van der Waals surface area contributed by atoms with E-state index in [1.807, 2.05) is 0 Å². The van der Waals surface area contributed by atoms with Gasteiger partial charge in [0.2, 0.25) is 0 Å². The molecule has 1 fully saturated rings. The summed E-state index contributed by atoms with van der Waals surface area (Å²) in [5.41, 5.74) is 1.76. The summed E-state index contributed by atoms with van der Waals surface area (Å²) in [5, 5.41) is 3.48. The molecular formula is C15H27N3. The van der Waals surface area contributed by atoms with Crippen molar-refractivity contribution < 1.29 is 0 Å². The Bertz CT molecular complexity index is 360.